The Kier molecular flexibility index (Phi) is 4.04. The van der Waals surface area contributed by atoms with E-state index in [1.54, 1.807) is 12.1 Å². The molecule has 1 aliphatic rings. The number of phenols is 1. The molecule has 2 rings (SSSR count). The van der Waals surface area contributed by atoms with Gasteiger partial charge in [0.25, 0.3) is 5.91 Å². The maximum Gasteiger partial charge on any atom is 0.255 e. The number of rotatable bonds is 3. The average Bonchev–Trinajstić information content (AvgIpc) is 2.39. The highest BCUT2D eigenvalue weighted by Crippen LogP contribution is 2.23. The summed E-state index contributed by atoms with van der Waals surface area (Å²) in [5, 5.41) is 12.6. The molecule has 0 saturated carbocycles. The molecule has 1 aromatic carbocycles. The first-order valence-electron chi connectivity index (χ1n) is 5.96. The number of ether oxygens (including phenoxy) is 2. The second-order valence-corrected chi connectivity index (χ2v) is 4.27. The smallest absolute Gasteiger partial charge is 0.255 e. The van der Waals surface area contributed by atoms with Gasteiger partial charge in [0.1, 0.15) is 11.5 Å². The SMILES string of the molecule is COc1ccc(C(=O)NC2CCCOC2)c(O)c1. The summed E-state index contributed by atoms with van der Waals surface area (Å²) in [6.45, 7) is 1.28. The van der Waals surface area contributed by atoms with Crippen molar-refractivity contribution in [3.63, 3.8) is 0 Å². The van der Waals surface area contributed by atoms with E-state index in [1.165, 1.54) is 13.2 Å². The molecular weight excluding hydrogens is 234 g/mol. The number of nitrogens with one attached hydrogen (secondary N) is 1. The minimum atomic E-state index is -0.286. The van der Waals surface area contributed by atoms with E-state index in [0.717, 1.165) is 19.4 Å². The third-order valence-corrected chi connectivity index (χ3v) is 2.95. The number of phenolic OH excluding ortho intramolecular Hbond substituents is 1. The van der Waals surface area contributed by atoms with E-state index >= 15 is 0 Å². The zero-order chi connectivity index (χ0) is 13.0. The molecule has 1 atom stereocenters. The molecule has 5 nitrogen and oxygen atoms in total. The second kappa shape index (κ2) is 5.73. The van der Waals surface area contributed by atoms with E-state index < -0.39 is 0 Å². The maximum atomic E-state index is 12.0. The zero-order valence-corrected chi connectivity index (χ0v) is 10.3. The van der Waals surface area contributed by atoms with E-state index in [-0.39, 0.29) is 23.3 Å². The highest BCUT2D eigenvalue weighted by molar-refractivity contribution is 5.97. The predicted molar refractivity (Wildman–Crippen MR) is 66.0 cm³/mol. The number of amides is 1. The van der Waals surface area contributed by atoms with E-state index in [2.05, 4.69) is 5.32 Å². The lowest BCUT2D eigenvalue weighted by Crippen LogP contribution is -2.40. The number of carbonyl (C=O) groups is 1. The fraction of sp³-hybridized carbons (Fsp3) is 0.462. The largest absolute Gasteiger partial charge is 0.507 e. The molecular formula is C13H17NO4. The Hall–Kier alpha value is -1.75. The molecule has 18 heavy (non-hydrogen) atoms. The lowest BCUT2D eigenvalue weighted by molar-refractivity contribution is 0.0623. The number of hydrogen-bond donors (Lipinski definition) is 2. The Morgan fingerprint density at radius 3 is 3.00 bits per heavy atom. The molecule has 1 aliphatic heterocycles. The van der Waals surface area contributed by atoms with Gasteiger partial charge in [0.05, 0.1) is 25.3 Å². The molecule has 5 heteroatoms. The van der Waals surface area contributed by atoms with Gasteiger partial charge in [-0.2, -0.15) is 0 Å². The topological polar surface area (TPSA) is 67.8 Å². The molecule has 1 heterocycles. The lowest BCUT2D eigenvalue weighted by atomic mass is 10.1. The summed E-state index contributed by atoms with van der Waals surface area (Å²) in [6, 6.07) is 4.64. The summed E-state index contributed by atoms with van der Waals surface area (Å²) in [5.74, 6) is 0.152. The van der Waals surface area contributed by atoms with Crippen LogP contribution in [-0.2, 0) is 4.74 Å². The second-order valence-electron chi connectivity index (χ2n) is 4.27. The summed E-state index contributed by atoms with van der Waals surface area (Å²) in [7, 11) is 1.51. The van der Waals surface area contributed by atoms with Gasteiger partial charge < -0.3 is 19.9 Å². The third kappa shape index (κ3) is 2.92. The standard InChI is InChI=1S/C13H17NO4/c1-17-10-4-5-11(12(15)7-10)13(16)14-9-3-2-6-18-8-9/h4-5,7,9,15H,2-3,6,8H2,1H3,(H,14,16). The molecule has 0 aromatic heterocycles. The van der Waals surface area contributed by atoms with Gasteiger partial charge >= 0.3 is 0 Å². The highest BCUT2D eigenvalue weighted by Gasteiger charge is 2.19. The molecule has 0 bridgehead atoms. The zero-order valence-electron chi connectivity index (χ0n) is 10.3. The third-order valence-electron chi connectivity index (χ3n) is 2.95. The van der Waals surface area contributed by atoms with Gasteiger partial charge in [-0.1, -0.05) is 0 Å². The van der Waals surface area contributed by atoms with E-state index in [0.29, 0.717) is 12.4 Å². The van der Waals surface area contributed by atoms with Gasteiger partial charge in [-0.05, 0) is 25.0 Å². The van der Waals surface area contributed by atoms with Crippen molar-refractivity contribution < 1.29 is 19.4 Å². The molecule has 1 fully saturated rings. The Bertz CT molecular complexity index is 427. The Morgan fingerprint density at radius 2 is 2.39 bits per heavy atom. The van der Waals surface area contributed by atoms with Gasteiger partial charge in [-0.3, -0.25) is 4.79 Å². The predicted octanol–water partition coefficient (Wildman–Crippen LogP) is 1.31. The van der Waals surface area contributed by atoms with Crippen LogP contribution in [0.25, 0.3) is 0 Å². The lowest BCUT2D eigenvalue weighted by Gasteiger charge is -2.23. The van der Waals surface area contributed by atoms with Crippen LogP contribution in [0.2, 0.25) is 0 Å². The van der Waals surface area contributed by atoms with Crippen molar-refractivity contribution in [2.45, 2.75) is 18.9 Å². The maximum absolute atomic E-state index is 12.0. The van der Waals surface area contributed by atoms with Gasteiger partial charge in [-0.25, -0.2) is 0 Å². The molecule has 2 N–H and O–H groups in total. The van der Waals surface area contributed by atoms with Crippen molar-refractivity contribution in [2.24, 2.45) is 0 Å². The first-order valence-corrected chi connectivity index (χ1v) is 5.96. The Morgan fingerprint density at radius 1 is 1.56 bits per heavy atom. The van der Waals surface area contributed by atoms with Crippen molar-refractivity contribution in [2.75, 3.05) is 20.3 Å². The van der Waals surface area contributed by atoms with Crippen LogP contribution < -0.4 is 10.1 Å². The number of carbonyl (C=O) groups excluding carboxylic acids is 1. The van der Waals surface area contributed by atoms with Crippen LogP contribution in [0.15, 0.2) is 18.2 Å². The average molecular weight is 251 g/mol. The fourth-order valence-electron chi connectivity index (χ4n) is 1.95. The number of benzene rings is 1. The Balaban J connectivity index is 2.03. The monoisotopic (exact) mass is 251 g/mol. The van der Waals surface area contributed by atoms with Crippen molar-refractivity contribution in [3.05, 3.63) is 23.8 Å². The summed E-state index contributed by atoms with van der Waals surface area (Å²) in [5.41, 5.74) is 0.251. The molecule has 0 aliphatic carbocycles. The van der Waals surface area contributed by atoms with Gasteiger partial charge in [-0.15, -0.1) is 0 Å². The fourth-order valence-corrected chi connectivity index (χ4v) is 1.95. The van der Waals surface area contributed by atoms with Crippen LogP contribution >= 0.6 is 0 Å². The van der Waals surface area contributed by atoms with Crippen LogP contribution in [0.3, 0.4) is 0 Å². The summed E-state index contributed by atoms with van der Waals surface area (Å²) in [6.07, 6.45) is 1.85. The van der Waals surface area contributed by atoms with Crippen molar-refractivity contribution in [1.29, 1.82) is 0 Å². The molecule has 1 aromatic rings. The summed E-state index contributed by atoms with van der Waals surface area (Å²) < 4.78 is 10.3. The quantitative estimate of drug-likeness (QED) is 0.850. The summed E-state index contributed by atoms with van der Waals surface area (Å²) in [4.78, 5) is 12.0. The molecule has 98 valence electrons. The van der Waals surface area contributed by atoms with Gasteiger partial charge in [0.15, 0.2) is 0 Å². The minimum absolute atomic E-state index is 0.0211. The van der Waals surface area contributed by atoms with Crippen LogP contribution in [0.5, 0.6) is 11.5 Å². The van der Waals surface area contributed by atoms with Crippen LogP contribution in [-0.4, -0.2) is 37.4 Å². The van der Waals surface area contributed by atoms with Crippen LogP contribution in [0.4, 0.5) is 0 Å². The first-order chi connectivity index (χ1) is 8.70. The van der Waals surface area contributed by atoms with Crippen LogP contribution in [0, 0.1) is 0 Å². The minimum Gasteiger partial charge on any atom is -0.507 e. The number of hydrogen-bond acceptors (Lipinski definition) is 4. The van der Waals surface area contributed by atoms with E-state index in [1.807, 2.05) is 0 Å². The highest BCUT2D eigenvalue weighted by atomic mass is 16.5. The number of methoxy groups -OCH3 is 1. The molecule has 1 saturated heterocycles. The molecule has 0 spiro atoms. The van der Waals surface area contributed by atoms with Crippen molar-refractivity contribution >= 4 is 5.91 Å². The van der Waals surface area contributed by atoms with Crippen molar-refractivity contribution in [1.82, 2.24) is 5.32 Å². The molecule has 0 radical (unpaired) electrons. The normalized spacial score (nSPS) is 19.3. The van der Waals surface area contributed by atoms with E-state index in [9.17, 15) is 9.90 Å². The van der Waals surface area contributed by atoms with Gasteiger partial charge in [0.2, 0.25) is 0 Å². The van der Waals surface area contributed by atoms with Crippen molar-refractivity contribution in [3.8, 4) is 11.5 Å². The summed E-state index contributed by atoms with van der Waals surface area (Å²) >= 11 is 0. The Labute approximate surface area is 106 Å². The first kappa shape index (κ1) is 12.7. The molecule has 1 amide bonds. The van der Waals surface area contributed by atoms with Crippen LogP contribution in [0.1, 0.15) is 23.2 Å². The van der Waals surface area contributed by atoms with E-state index in [4.69, 9.17) is 9.47 Å². The molecule has 1 unspecified atom stereocenters. The number of aromatic hydroxyl groups is 1. The van der Waals surface area contributed by atoms with Gasteiger partial charge in [0, 0.05) is 12.7 Å².